The van der Waals surface area contributed by atoms with Gasteiger partial charge in [-0.2, -0.15) is 0 Å². The van der Waals surface area contributed by atoms with E-state index >= 15 is 0 Å². The number of aliphatic hydroxyl groups is 3. The van der Waals surface area contributed by atoms with E-state index in [1.807, 2.05) is 0 Å². The number of nitrogens with two attached hydrogens (primary N) is 1. The molecule has 0 spiro atoms. The van der Waals surface area contributed by atoms with Crippen LogP contribution in [0.2, 0.25) is 0 Å². The number of carbonyl (C=O) groups is 1. The van der Waals surface area contributed by atoms with Gasteiger partial charge < -0.3 is 25.8 Å². The van der Waals surface area contributed by atoms with Crippen molar-refractivity contribution in [3.05, 3.63) is 34.2 Å². The average Bonchev–Trinajstić information content (AvgIpc) is 2.61. The molecule has 1 amide bonds. The summed E-state index contributed by atoms with van der Waals surface area (Å²) in [4.78, 5) is 23.3. The maximum atomic E-state index is 12.1. The zero-order valence-electron chi connectivity index (χ0n) is 10.8. The van der Waals surface area contributed by atoms with Gasteiger partial charge in [0.25, 0.3) is 11.5 Å². The molecule has 2 rings (SSSR count). The monoisotopic (exact) mass is 284 g/mol. The second-order valence-electron chi connectivity index (χ2n) is 4.88. The van der Waals surface area contributed by atoms with Gasteiger partial charge in [0.15, 0.2) is 6.23 Å². The van der Waals surface area contributed by atoms with Crippen LogP contribution in [0.3, 0.4) is 0 Å². The Morgan fingerprint density at radius 1 is 1.60 bits per heavy atom. The highest BCUT2D eigenvalue weighted by Crippen LogP contribution is 2.37. The maximum absolute atomic E-state index is 12.1. The number of aliphatic hydroxyl groups excluding tert-OH is 2. The van der Waals surface area contributed by atoms with Crippen LogP contribution < -0.4 is 11.3 Å². The van der Waals surface area contributed by atoms with Crippen molar-refractivity contribution in [2.45, 2.75) is 31.0 Å². The predicted molar refractivity (Wildman–Crippen MR) is 66.8 cm³/mol. The van der Waals surface area contributed by atoms with E-state index in [-0.39, 0.29) is 5.56 Å². The Kier molecular flexibility index (Phi) is 3.65. The summed E-state index contributed by atoms with van der Waals surface area (Å²) < 4.78 is 6.27. The van der Waals surface area contributed by atoms with Crippen molar-refractivity contribution in [3.63, 3.8) is 0 Å². The minimum atomic E-state index is -1.80. The zero-order valence-corrected chi connectivity index (χ0v) is 10.8. The van der Waals surface area contributed by atoms with Crippen LogP contribution >= 0.6 is 0 Å². The van der Waals surface area contributed by atoms with E-state index in [1.54, 1.807) is 0 Å². The molecular formula is C12H16N2O6. The van der Waals surface area contributed by atoms with Crippen LogP contribution in [-0.2, 0) is 4.74 Å². The molecule has 0 aromatic carbocycles. The third-order valence-electron chi connectivity index (χ3n) is 3.43. The first-order chi connectivity index (χ1) is 9.30. The minimum Gasteiger partial charge on any atom is -0.394 e. The fourth-order valence-electron chi connectivity index (χ4n) is 2.27. The summed E-state index contributed by atoms with van der Waals surface area (Å²) in [5.41, 5.74) is 2.29. The molecule has 110 valence electrons. The number of rotatable bonds is 3. The molecule has 1 saturated heterocycles. The Morgan fingerprint density at radius 3 is 2.75 bits per heavy atom. The van der Waals surface area contributed by atoms with Crippen molar-refractivity contribution in [2.75, 3.05) is 6.61 Å². The number of primary amides is 1. The lowest BCUT2D eigenvalue weighted by Gasteiger charge is -2.27. The van der Waals surface area contributed by atoms with Gasteiger partial charge in [-0.25, -0.2) is 0 Å². The van der Waals surface area contributed by atoms with Crippen LogP contribution in [-0.4, -0.2) is 50.2 Å². The molecule has 4 atom stereocenters. The summed E-state index contributed by atoms with van der Waals surface area (Å²) in [6, 6.07) is 2.66. The van der Waals surface area contributed by atoms with Crippen LogP contribution in [0.15, 0.2) is 23.1 Å². The normalized spacial score (nSPS) is 33.3. The molecule has 8 heteroatoms. The summed E-state index contributed by atoms with van der Waals surface area (Å²) in [6.07, 6.45) is -2.33. The number of carbonyl (C=O) groups excluding carboxylic acids is 1. The van der Waals surface area contributed by atoms with Crippen molar-refractivity contribution >= 4 is 5.91 Å². The van der Waals surface area contributed by atoms with E-state index in [4.69, 9.17) is 15.6 Å². The van der Waals surface area contributed by atoms with Crippen molar-refractivity contribution in [2.24, 2.45) is 5.73 Å². The van der Waals surface area contributed by atoms with Crippen LogP contribution in [0.4, 0.5) is 0 Å². The van der Waals surface area contributed by atoms with Gasteiger partial charge in [0.2, 0.25) is 0 Å². The van der Waals surface area contributed by atoms with Gasteiger partial charge in [-0.1, -0.05) is 0 Å². The fourth-order valence-corrected chi connectivity index (χ4v) is 2.27. The third-order valence-corrected chi connectivity index (χ3v) is 3.43. The number of aromatic nitrogens is 1. The lowest BCUT2D eigenvalue weighted by atomic mass is 9.96. The van der Waals surface area contributed by atoms with Crippen molar-refractivity contribution in [1.29, 1.82) is 0 Å². The van der Waals surface area contributed by atoms with Gasteiger partial charge in [-0.3, -0.25) is 14.2 Å². The Morgan fingerprint density at radius 2 is 2.25 bits per heavy atom. The molecule has 1 fully saturated rings. The largest absolute Gasteiger partial charge is 0.394 e. The molecule has 1 aromatic rings. The van der Waals surface area contributed by atoms with Gasteiger partial charge >= 0.3 is 0 Å². The first kappa shape index (κ1) is 14.7. The second kappa shape index (κ2) is 4.98. The minimum absolute atomic E-state index is 0.256. The first-order valence-corrected chi connectivity index (χ1v) is 5.98. The molecule has 5 N–H and O–H groups in total. The highest BCUT2D eigenvalue weighted by Gasteiger charge is 2.53. The van der Waals surface area contributed by atoms with Crippen molar-refractivity contribution in [1.82, 2.24) is 4.57 Å². The predicted octanol–water partition coefficient (Wildman–Crippen LogP) is -2.05. The molecule has 2 heterocycles. The highest BCUT2D eigenvalue weighted by atomic mass is 16.6. The smallest absolute Gasteiger partial charge is 0.265 e. The van der Waals surface area contributed by atoms with Crippen LogP contribution in [0.1, 0.15) is 23.5 Å². The summed E-state index contributed by atoms with van der Waals surface area (Å²) in [5.74, 6) is -0.902. The number of amides is 1. The molecule has 0 saturated carbocycles. The van der Waals surface area contributed by atoms with E-state index in [0.717, 1.165) is 4.57 Å². The molecule has 1 aliphatic rings. The van der Waals surface area contributed by atoms with Crippen LogP contribution in [0.5, 0.6) is 0 Å². The molecule has 1 aromatic heterocycles. The number of hydrogen-bond acceptors (Lipinski definition) is 6. The highest BCUT2D eigenvalue weighted by molar-refractivity contribution is 5.92. The molecule has 0 radical (unpaired) electrons. The van der Waals surface area contributed by atoms with Gasteiger partial charge in [-0.05, 0) is 19.1 Å². The average molecular weight is 284 g/mol. The Bertz CT molecular complexity index is 582. The fraction of sp³-hybridized carbons (Fsp3) is 0.500. The Labute approximate surface area is 114 Å². The van der Waals surface area contributed by atoms with E-state index in [0.29, 0.717) is 0 Å². The second-order valence-corrected chi connectivity index (χ2v) is 4.88. The number of ether oxygens (including phenoxy) is 1. The van der Waals surface area contributed by atoms with E-state index in [2.05, 4.69) is 0 Å². The van der Waals surface area contributed by atoms with Crippen LogP contribution in [0.25, 0.3) is 0 Å². The molecule has 0 bridgehead atoms. The zero-order chi connectivity index (χ0) is 15.1. The summed E-state index contributed by atoms with van der Waals surface area (Å²) in [7, 11) is 0. The van der Waals surface area contributed by atoms with Crippen LogP contribution in [0, 0.1) is 0 Å². The molecule has 2 unspecified atom stereocenters. The van der Waals surface area contributed by atoms with Crippen molar-refractivity contribution in [3.8, 4) is 0 Å². The quantitative estimate of drug-likeness (QED) is 0.504. The molecule has 0 aliphatic carbocycles. The van der Waals surface area contributed by atoms with E-state index in [9.17, 15) is 19.8 Å². The standard InChI is InChI=1S/C12H16N2O6/c1-12(19)8(16)7(5-15)20-11(12)14-4-2-3-6(9(13)17)10(14)18/h2-4,7-8,11,15-16,19H,5H2,1H3,(H2,13,17)/t7-,8?,11-,12?/m1/s1. The SMILES string of the molecule is CC1(O)C(O)[C@@H](CO)O[C@H]1n1cccc(C(N)=O)c1=O. The first-order valence-electron chi connectivity index (χ1n) is 5.98. The Hall–Kier alpha value is -1.74. The van der Waals surface area contributed by atoms with E-state index < -0.39 is 42.1 Å². The lowest BCUT2D eigenvalue weighted by molar-refractivity contribution is -0.0982. The number of nitrogens with zero attached hydrogens (tertiary/aromatic N) is 1. The molecule has 1 aliphatic heterocycles. The third kappa shape index (κ3) is 2.12. The molecular weight excluding hydrogens is 268 g/mol. The maximum Gasteiger partial charge on any atom is 0.265 e. The number of pyridine rings is 1. The molecule has 20 heavy (non-hydrogen) atoms. The summed E-state index contributed by atoms with van der Waals surface area (Å²) in [6.45, 7) is 0.763. The van der Waals surface area contributed by atoms with Gasteiger partial charge in [-0.15, -0.1) is 0 Å². The lowest BCUT2D eigenvalue weighted by Crippen LogP contribution is -2.46. The van der Waals surface area contributed by atoms with Crippen molar-refractivity contribution < 1.29 is 24.9 Å². The topological polar surface area (TPSA) is 135 Å². The molecule has 8 nitrogen and oxygen atoms in total. The summed E-state index contributed by atoms with van der Waals surface area (Å²) >= 11 is 0. The Balaban J connectivity index is 2.50. The summed E-state index contributed by atoms with van der Waals surface area (Å²) in [5, 5.41) is 29.2. The van der Waals surface area contributed by atoms with E-state index in [1.165, 1.54) is 25.3 Å². The number of hydrogen-bond donors (Lipinski definition) is 4. The van der Waals surface area contributed by atoms with Gasteiger partial charge in [0.05, 0.1) is 6.61 Å². The van der Waals surface area contributed by atoms with Gasteiger partial charge in [0, 0.05) is 6.20 Å². The van der Waals surface area contributed by atoms with Gasteiger partial charge in [0.1, 0.15) is 23.4 Å².